The molecule has 1 aromatic heterocycles. The number of ether oxygens (including phenoxy) is 1. The van der Waals surface area contributed by atoms with Crippen molar-refractivity contribution in [3.05, 3.63) is 53.6 Å². The van der Waals surface area contributed by atoms with E-state index in [0.717, 1.165) is 15.2 Å². The number of nitrogens with zero attached hydrogens (tertiary/aromatic N) is 1. The highest BCUT2D eigenvalue weighted by Crippen LogP contribution is 2.50. The molecule has 6 heteroatoms. The summed E-state index contributed by atoms with van der Waals surface area (Å²) in [4.78, 5) is 30.7. The van der Waals surface area contributed by atoms with Crippen LogP contribution in [0.4, 0.5) is 0 Å². The van der Waals surface area contributed by atoms with Gasteiger partial charge in [0, 0.05) is 0 Å². The van der Waals surface area contributed by atoms with Crippen molar-refractivity contribution in [1.29, 1.82) is 0 Å². The molecule has 1 amide bonds. The van der Waals surface area contributed by atoms with E-state index in [-0.39, 0.29) is 30.1 Å². The lowest BCUT2D eigenvalue weighted by molar-refractivity contribution is -0.160. The molecule has 0 spiro atoms. The number of aromatic nitrogens is 1. The average molecular weight is 425 g/mol. The predicted octanol–water partition coefficient (Wildman–Crippen LogP) is 4.78. The van der Waals surface area contributed by atoms with E-state index in [1.54, 1.807) is 11.3 Å². The SMILES string of the molecule is CC(C)(C)OC(=O)CC1(C(=O)NCc2nc3ccccc3s2)CC2C=CC=CC2C1. The topological polar surface area (TPSA) is 68.3 Å². The standard InChI is InChI=1S/C24H28N2O3S/c1-23(2,3)29-21(27)14-24(12-16-8-4-5-9-17(16)13-24)22(28)25-15-20-26-18-10-6-7-11-19(18)30-20/h4-11,16-17H,12-15H2,1-3H3,(H,25,28). The molecule has 0 saturated heterocycles. The first kappa shape index (κ1) is 20.8. The molecule has 1 aromatic carbocycles. The third-order valence-electron chi connectivity index (χ3n) is 5.75. The van der Waals surface area contributed by atoms with Crippen molar-refractivity contribution in [1.82, 2.24) is 10.3 Å². The molecule has 4 rings (SSSR count). The summed E-state index contributed by atoms with van der Waals surface area (Å²) in [5.41, 5.74) is -0.383. The average Bonchev–Trinajstić information content (AvgIpc) is 3.25. The second kappa shape index (κ2) is 7.99. The number of para-hydroxylation sites is 1. The number of benzene rings is 1. The van der Waals surface area contributed by atoms with Crippen LogP contribution in [0.25, 0.3) is 10.2 Å². The van der Waals surface area contributed by atoms with Crippen LogP contribution in [0.3, 0.4) is 0 Å². The lowest BCUT2D eigenvalue weighted by Crippen LogP contribution is -2.42. The van der Waals surface area contributed by atoms with Gasteiger partial charge in [0.05, 0.1) is 28.6 Å². The molecule has 158 valence electrons. The van der Waals surface area contributed by atoms with Gasteiger partial charge in [-0.05, 0) is 57.6 Å². The number of thiazole rings is 1. The molecular formula is C24H28N2O3S. The van der Waals surface area contributed by atoms with Crippen LogP contribution in [0.5, 0.6) is 0 Å². The molecule has 1 N–H and O–H groups in total. The molecule has 1 saturated carbocycles. The number of carbonyl (C=O) groups excluding carboxylic acids is 2. The van der Waals surface area contributed by atoms with Gasteiger partial charge in [-0.3, -0.25) is 9.59 Å². The zero-order chi connectivity index (χ0) is 21.4. The highest BCUT2D eigenvalue weighted by Gasteiger charge is 2.50. The van der Waals surface area contributed by atoms with Gasteiger partial charge in [-0.2, -0.15) is 0 Å². The Balaban J connectivity index is 1.51. The minimum Gasteiger partial charge on any atom is -0.460 e. The largest absolute Gasteiger partial charge is 0.460 e. The maximum atomic E-state index is 13.4. The quantitative estimate of drug-likeness (QED) is 0.701. The van der Waals surface area contributed by atoms with Gasteiger partial charge in [0.25, 0.3) is 0 Å². The van der Waals surface area contributed by atoms with Gasteiger partial charge >= 0.3 is 5.97 Å². The molecule has 2 aliphatic carbocycles. The number of esters is 1. The lowest BCUT2D eigenvalue weighted by Gasteiger charge is -2.29. The number of amides is 1. The summed E-state index contributed by atoms with van der Waals surface area (Å²) in [5.74, 6) is 0.171. The van der Waals surface area contributed by atoms with E-state index in [0.29, 0.717) is 19.4 Å². The maximum Gasteiger partial charge on any atom is 0.307 e. The Bertz CT molecular complexity index is 962. The highest BCUT2D eigenvalue weighted by atomic mass is 32.1. The number of allylic oxidation sites excluding steroid dienone is 4. The minimum absolute atomic E-state index is 0.0798. The van der Waals surface area contributed by atoms with E-state index < -0.39 is 11.0 Å². The van der Waals surface area contributed by atoms with Crippen molar-refractivity contribution in [3.8, 4) is 0 Å². The molecule has 0 bridgehead atoms. The van der Waals surface area contributed by atoms with Gasteiger partial charge in [-0.25, -0.2) is 4.98 Å². The van der Waals surface area contributed by atoms with E-state index in [4.69, 9.17) is 4.74 Å². The monoisotopic (exact) mass is 424 g/mol. The van der Waals surface area contributed by atoms with Crippen LogP contribution in [-0.2, 0) is 20.9 Å². The van der Waals surface area contributed by atoms with Gasteiger partial charge in [0.2, 0.25) is 5.91 Å². The number of hydrogen-bond donors (Lipinski definition) is 1. The molecule has 5 nitrogen and oxygen atoms in total. The van der Waals surface area contributed by atoms with E-state index in [1.807, 2.05) is 57.2 Å². The Hall–Kier alpha value is -2.47. The maximum absolute atomic E-state index is 13.4. The van der Waals surface area contributed by atoms with Crippen LogP contribution in [0, 0.1) is 17.3 Å². The second-order valence-electron chi connectivity index (χ2n) is 9.31. The van der Waals surface area contributed by atoms with Gasteiger partial charge in [0.1, 0.15) is 10.6 Å². The molecule has 2 aliphatic rings. The number of fused-ring (bicyclic) bond motifs is 2. The van der Waals surface area contributed by atoms with Gasteiger partial charge in [0.15, 0.2) is 0 Å². The van der Waals surface area contributed by atoms with Crippen molar-refractivity contribution in [3.63, 3.8) is 0 Å². The first-order chi connectivity index (χ1) is 14.2. The number of rotatable bonds is 5. The number of carbonyl (C=O) groups is 2. The molecule has 1 fully saturated rings. The first-order valence-electron chi connectivity index (χ1n) is 10.4. The number of hydrogen-bond acceptors (Lipinski definition) is 5. The van der Waals surface area contributed by atoms with E-state index >= 15 is 0 Å². The minimum atomic E-state index is -0.757. The zero-order valence-corrected chi connectivity index (χ0v) is 18.5. The fraction of sp³-hybridized carbons (Fsp3) is 0.458. The molecule has 2 aromatic rings. The molecule has 1 heterocycles. The Kier molecular flexibility index (Phi) is 5.53. The third kappa shape index (κ3) is 4.48. The normalized spacial score (nSPS) is 25.3. The third-order valence-corrected chi connectivity index (χ3v) is 6.79. The van der Waals surface area contributed by atoms with Crippen molar-refractivity contribution >= 4 is 33.4 Å². The van der Waals surface area contributed by atoms with E-state index in [9.17, 15) is 9.59 Å². The molecule has 2 atom stereocenters. The molecule has 0 aliphatic heterocycles. The van der Waals surface area contributed by atoms with Crippen LogP contribution in [0.15, 0.2) is 48.6 Å². The molecule has 2 unspecified atom stereocenters. The summed E-state index contributed by atoms with van der Waals surface area (Å²) in [6, 6.07) is 7.95. The molecule has 0 radical (unpaired) electrons. The van der Waals surface area contributed by atoms with Gasteiger partial charge < -0.3 is 10.1 Å². The van der Waals surface area contributed by atoms with Crippen molar-refractivity contribution < 1.29 is 14.3 Å². The van der Waals surface area contributed by atoms with Crippen molar-refractivity contribution in [2.75, 3.05) is 0 Å². The fourth-order valence-electron chi connectivity index (χ4n) is 4.53. The lowest BCUT2D eigenvalue weighted by atomic mass is 9.80. The van der Waals surface area contributed by atoms with Crippen molar-refractivity contribution in [2.24, 2.45) is 17.3 Å². The Labute approximate surface area is 181 Å². The summed E-state index contributed by atoms with van der Waals surface area (Å²) < 4.78 is 6.67. The Morgan fingerprint density at radius 3 is 2.47 bits per heavy atom. The molecular weight excluding hydrogens is 396 g/mol. The Morgan fingerprint density at radius 1 is 1.17 bits per heavy atom. The predicted molar refractivity (Wildman–Crippen MR) is 119 cm³/mol. The number of nitrogens with one attached hydrogen (secondary N) is 1. The van der Waals surface area contributed by atoms with E-state index in [1.165, 1.54) is 0 Å². The zero-order valence-electron chi connectivity index (χ0n) is 17.7. The van der Waals surface area contributed by atoms with Gasteiger partial charge in [-0.15, -0.1) is 11.3 Å². The fourth-order valence-corrected chi connectivity index (χ4v) is 5.43. The first-order valence-corrected chi connectivity index (χ1v) is 11.3. The summed E-state index contributed by atoms with van der Waals surface area (Å²) >= 11 is 1.58. The summed E-state index contributed by atoms with van der Waals surface area (Å²) in [5, 5.41) is 3.94. The summed E-state index contributed by atoms with van der Waals surface area (Å²) in [7, 11) is 0. The van der Waals surface area contributed by atoms with E-state index in [2.05, 4.69) is 22.5 Å². The molecule has 30 heavy (non-hydrogen) atoms. The van der Waals surface area contributed by atoms with Crippen LogP contribution < -0.4 is 5.32 Å². The summed E-state index contributed by atoms with van der Waals surface area (Å²) in [6.45, 7) is 5.93. The van der Waals surface area contributed by atoms with Crippen molar-refractivity contribution in [2.45, 2.75) is 52.2 Å². The highest BCUT2D eigenvalue weighted by molar-refractivity contribution is 7.18. The van der Waals surface area contributed by atoms with Gasteiger partial charge in [-0.1, -0.05) is 36.4 Å². The Morgan fingerprint density at radius 2 is 1.83 bits per heavy atom. The smallest absolute Gasteiger partial charge is 0.307 e. The van der Waals surface area contributed by atoms with Crippen LogP contribution in [0.2, 0.25) is 0 Å². The van der Waals surface area contributed by atoms with Crippen LogP contribution in [0.1, 0.15) is 45.0 Å². The van der Waals surface area contributed by atoms with Crippen LogP contribution >= 0.6 is 11.3 Å². The summed E-state index contributed by atoms with van der Waals surface area (Å²) in [6.07, 6.45) is 9.79. The van der Waals surface area contributed by atoms with Crippen LogP contribution in [-0.4, -0.2) is 22.5 Å². The second-order valence-corrected chi connectivity index (χ2v) is 10.4.